The SMILES string of the molecule is C/C(=C\c1ccco1)CCC(=O)O. The van der Waals surface area contributed by atoms with Crippen molar-refractivity contribution < 1.29 is 14.3 Å². The lowest BCUT2D eigenvalue weighted by molar-refractivity contribution is -0.136. The molecule has 1 aromatic rings. The fourth-order valence-corrected chi connectivity index (χ4v) is 0.993. The van der Waals surface area contributed by atoms with Crippen molar-refractivity contribution in [3.05, 3.63) is 29.7 Å². The van der Waals surface area contributed by atoms with E-state index in [1.165, 1.54) is 0 Å². The zero-order valence-corrected chi connectivity index (χ0v) is 7.49. The molecule has 0 bridgehead atoms. The minimum Gasteiger partial charge on any atom is -0.481 e. The highest BCUT2D eigenvalue weighted by molar-refractivity contribution is 5.67. The first-order chi connectivity index (χ1) is 6.18. The molecule has 0 aromatic carbocycles. The molecule has 1 aromatic heterocycles. The second kappa shape index (κ2) is 4.50. The molecule has 0 fully saturated rings. The summed E-state index contributed by atoms with van der Waals surface area (Å²) in [4.78, 5) is 10.3. The van der Waals surface area contributed by atoms with Crippen LogP contribution in [-0.4, -0.2) is 11.1 Å². The van der Waals surface area contributed by atoms with Crippen molar-refractivity contribution in [2.45, 2.75) is 19.8 Å². The molecule has 0 atom stereocenters. The van der Waals surface area contributed by atoms with Crippen LogP contribution in [0.3, 0.4) is 0 Å². The van der Waals surface area contributed by atoms with Crippen molar-refractivity contribution >= 4 is 12.0 Å². The third-order valence-electron chi connectivity index (χ3n) is 1.67. The van der Waals surface area contributed by atoms with E-state index in [0.717, 1.165) is 11.3 Å². The van der Waals surface area contributed by atoms with Gasteiger partial charge >= 0.3 is 5.97 Å². The van der Waals surface area contributed by atoms with Gasteiger partial charge in [0.05, 0.1) is 6.26 Å². The third-order valence-corrected chi connectivity index (χ3v) is 1.67. The fourth-order valence-electron chi connectivity index (χ4n) is 0.993. The van der Waals surface area contributed by atoms with E-state index in [-0.39, 0.29) is 6.42 Å². The molecule has 0 aliphatic carbocycles. The Labute approximate surface area is 76.7 Å². The van der Waals surface area contributed by atoms with Gasteiger partial charge in [-0.05, 0) is 31.6 Å². The van der Waals surface area contributed by atoms with Gasteiger partial charge in [0.25, 0.3) is 0 Å². The molecular formula is C10H12O3. The standard InChI is InChI=1S/C10H12O3/c1-8(4-5-10(11)12)7-9-3-2-6-13-9/h2-3,6-7H,4-5H2,1H3,(H,11,12)/b8-7+. The quantitative estimate of drug-likeness (QED) is 0.774. The van der Waals surface area contributed by atoms with Crippen LogP contribution < -0.4 is 0 Å². The Morgan fingerprint density at radius 1 is 1.62 bits per heavy atom. The summed E-state index contributed by atoms with van der Waals surface area (Å²) in [5.74, 6) is -0.00455. The minimum absolute atomic E-state index is 0.170. The van der Waals surface area contributed by atoms with Crippen LogP contribution in [0.25, 0.3) is 6.08 Å². The monoisotopic (exact) mass is 180 g/mol. The Hall–Kier alpha value is -1.51. The zero-order valence-electron chi connectivity index (χ0n) is 7.49. The molecule has 3 nitrogen and oxygen atoms in total. The van der Waals surface area contributed by atoms with Crippen LogP contribution >= 0.6 is 0 Å². The summed E-state index contributed by atoms with van der Waals surface area (Å²) in [6.45, 7) is 1.89. The first-order valence-corrected chi connectivity index (χ1v) is 4.11. The molecule has 0 saturated heterocycles. The fraction of sp³-hybridized carbons (Fsp3) is 0.300. The number of carbonyl (C=O) groups is 1. The van der Waals surface area contributed by atoms with Crippen molar-refractivity contribution in [3.63, 3.8) is 0 Å². The van der Waals surface area contributed by atoms with Gasteiger partial charge in [0.2, 0.25) is 0 Å². The minimum atomic E-state index is -0.771. The number of hydrogen-bond donors (Lipinski definition) is 1. The van der Waals surface area contributed by atoms with Gasteiger partial charge in [-0.1, -0.05) is 5.57 Å². The van der Waals surface area contributed by atoms with Gasteiger partial charge in [-0.25, -0.2) is 0 Å². The highest BCUT2D eigenvalue weighted by atomic mass is 16.4. The molecule has 1 N–H and O–H groups in total. The Kier molecular flexibility index (Phi) is 3.31. The Bertz CT molecular complexity index is 296. The summed E-state index contributed by atoms with van der Waals surface area (Å²) < 4.78 is 5.09. The van der Waals surface area contributed by atoms with Gasteiger partial charge in [0.15, 0.2) is 0 Å². The third kappa shape index (κ3) is 3.60. The molecule has 0 aliphatic rings. The van der Waals surface area contributed by atoms with Crippen LogP contribution in [0.2, 0.25) is 0 Å². The van der Waals surface area contributed by atoms with Gasteiger partial charge in [0, 0.05) is 6.42 Å². The molecule has 1 rings (SSSR count). The summed E-state index contributed by atoms with van der Waals surface area (Å²) in [6, 6.07) is 3.64. The van der Waals surface area contributed by atoms with Gasteiger partial charge in [0.1, 0.15) is 5.76 Å². The van der Waals surface area contributed by atoms with Crippen molar-refractivity contribution in [3.8, 4) is 0 Å². The van der Waals surface area contributed by atoms with Crippen molar-refractivity contribution in [1.82, 2.24) is 0 Å². The molecule has 0 aliphatic heterocycles. The average Bonchev–Trinajstić information content (AvgIpc) is 2.53. The topological polar surface area (TPSA) is 50.4 Å². The lowest BCUT2D eigenvalue weighted by Gasteiger charge is -1.95. The van der Waals surface area contributed by atoms with E-state index in [2.05, 4.69) is 0 Å². The number of rotatable bonds is 4. The summed E-state index contributed by atoms with van der Waals surface area (Å²) >= 11 is 0. The van der Waals surface area contributed by atoms with E-state index >= 15 is 0 Å². The second-order valence-electron chi connectivity index (χ2n) is 2.90. The maximum absolute atomic E-state index is 10.3. The molecule has 0 radical (unpaired) electrons. The predicted molar refractivity (Wildman–Crippen MR) is 49.2 cm³/mol. The number of allylic oxidation sites excluding steroid dienone is 1. The maximum atomic E-state index is 10.3. The van der Waals surface area contributed by atoms with Crippen molar-refractivity contribution in [1.29, 1.82) is 0 Å². The van der Waals surface area contributed by atoms with Gasteiger partial charge in [-0.2, -0.15) is 0 Å². The van der Waals surface area contributed by atoms with E-state index in [4.69, 9.17) is 9.52 Å². The van der Waals surface area contributed by atoms with Gasteiger partial charge in [-0.3, -0.25) is 4.79 Å². The number of hydrogen-bond acceptors (Lipinski definition) is 2. The van der Waals surface area contributed by atoms with Crippen LogP contribution in [0.4, 0.5) is 0 Å². The first-order valence-electron chi connectivity index (χ1n) is 4.11. The molecule has 70 valence electrons. The molecule has 0 saturated carbocycles. The van der Waals surface area contributed by atoms with Crippen molar-refractivity contribution in [2.24, 2.45) is 0 Å². The van der Waals surface area contributed by atoms with E-state index in [1.807, 2.05) is 19.1 Å². The van der Waals surface area contributed by atoms with Crippen LogP contribution in [0.15, 0.2) is 28.4 Å². The smallest absolute Gasteiger partial charge is 0.303 e. The summed E-state index contributed by atoms with van der Waals surface area (Å²) in [6.07, 6.45) is 4.18. The van der Waals surface area contributed by atoms with E-state index < -0.39 is 5.97 Å². The highest BCUT2D eigenvalue weighted by Gasteiger charge is 1.98. The Balaban J connectivity index is 2.47. The van der Waals surface area contributed by atoms with Crippen LogP contribution in [0, 0.1) is 0 Å². The number of carboxylic acid groups (broad SMARTS) is 1. The second-order valence-corrected chi connectivity index (χ2v) is 2.90. The van der Waals surface area contributed by atoms with E-state index in [0.29, 0.717) is 6.42 Å². The predicted octanol–water partition coefficient (Wildman–Crippen LogP) is 2.55. The lowest BCUT2D eigenvalue weighted by Crippen LogP contribution is -1.93. The van der Waals surface area contributed by atoms with Crippen molar-refractivity contribution in [2.75, 3.05) is 0 Å². The van der Waals surface area contributed by atoms with Crippen LogP contribution in [0.5, 0.6) is 0 Å². The number of aliphatic carboxylic acids is 1. The summed E-state index contributed by atoms with van der Waals surface area (Å²) in [5, 5.41) is 8.44. The largest absolute Gasteiger partial charge is 0.481 e. The van der Waals surface area contributed by atoms with E-state index in [9.17, 15) is 4.79 Å². The summed E-state index contributed by atoms with van der Waals surface area (Å²) in [5.41, 5.74) is 1.01. The average molecular weight is 180 g/mol. The number of furan rings is 1. The Morgan fingerprint density at radius 2 is 2.38 bits per heavy atom. The van der Waals surface area contributed by atoms with Gasteiger partial charge in [-0.15, -0.1) is 0 Å². The first kappa shape index (κ1) is 9.58. The van der Waals surface area contributed by atoms with E-state index in [1.54, 1.807) is 12.3 Å². The van der Waals surface area contributed by atoms with Crippen LogP contribution in [0.1, 0.15) is 25.5 Å². The normalized spacial score (nSPS) is 11.6. The lowest BCUT2D eigenvalue weighted by atomic mass is 10.1. The molecule has 3 heteroatoms. The molecule has 0 amide bonds. The van der Waals surface area contributed by atoms with Gasteiger partial charge < -0.3 is 9.52 Å². The Morgan fingerprint density at radius 3 is 2.92 bits per heavy atom. The van der Waals surface area contributed by atoms with Crippen LogP contribution in [-0.2, 0) is 4.79 Å². The summed E-state index contributed by atoms with van der Waals surface area (Å²) in [7, 11) is 0. The zero-order chi connectivity index (χ0) is 9.68. The molecular weight excluding hydrogens is 168 g/mol. The number of carboxylic acids is 1. The molecule has 1 heterocycles. The molecule has 13 heavy (non-hydrogen) atoms. The molecule has 0 spiro atoms. The maximum Gasteiger partial charge on any atom is 0.303 e. The molecule has 0 unspecified atom stereocenters. The highest BCUT2D eigenvalue weighted by Crippen LogP contribution is 2.11.